The van der Waals surface area contributed by atoms with Crippen molar-refractivity contribution in [2.45, 2.75) is 64.6 Å². The summed E-state index contributed by atoms with van der Waals surface area (Å²) in [6.45, 7) is 2.51. The van der Waals surface area contributed by atoms with Crippen LogP contribution < -0.4 is 4.74 Å². The zero-order valence-electron chi connectivity index (χ0n) is 19.9. The van der Waals surface area contributed by atoms with Crippen molar-refractivity contribution in [3.8, 4) is 17.3 Å². The van der Waals surface area contributed by atoms with Crippen molar-refractivity contribution in [1.29, 1.82) is 0 Å². The highest BCUT2D eigenvalue weighted by Crippen LogP contribution is 2.30. The number of aromatic nitrogens is 5. The van der Waals surface area contributed by atoms with E-state index in [9.17, 15) is 14.7 Å². The summed E-state index contributed by atoms with van der Waals surface area (Å²) in [6.07, 6.45) is 7.27. The van der Waals surface area contributed by atoms with Gasteiger partial charge in [0.1, 0.15) is 35.5 Å². The monoisotopic (exact) mass is 472 g/mol. The number of ether oxygens (including phenoxy) is 2. The van der Waals surface area contributed by atoms with E-state index >= 15 is 0 Å². The van der Waals surface area contributed by atoms with E-state index in [4.69, 9.17) is 9.47 Å². The number of hydrogen-bond donors (Lipinski definition) is 1. The minimum Gasteiger partial charge on any atom is -0.481 e. The summed E-state index contributed by atoms with van der Waals surface area (Å²) >= 11 is 0. The molecule has 0 spiro atoms. The van der Waals surface area contributed by atoms with Crippen LogP contribution in [0.15, 0.2) is 6.20 Å². The molecule has 2 aliphatic rings. The van der Waals surface area contributed by atoms with E-state index in [0.717, 1.165) is 25.7 Å². The van der Waals surface area contributed by atoms with Crippen molar-refractivity contribution < 1.29 is 24.2 Å². The Kier molecular flexibility index (Phi) is 7.28. The van der Waals surface area contributed by atoms with Crippen LogP contribution in [0.2, 0.25) is 0 Å². The second kappa shape index (κ2) is 10.4. The first-order valence-corrected chi connectivity index (χ1v) is 11.8. The van der Waals surface area contributed by atoms with Crippen LogP contribution in [0, 0.1) is 18.8 Å². The maximum atomic E-state index is 12.4. The molecule has 34 heavy (non-hydrogen) atoms. The smallest absolute Gasteiger partial charge is 0.409 e. The first-order chi connectivity index (χ1) is 16.3. The highest BCUT2D eigenvalue weighted by atomic mass is 16.6. The molecule has 0 unspecified atom stereocenters. The Bertz CT molecular complexity index is 1040. The van der Waals surface area contributed by atoms with Gasteiger partial charge in [-0.1, -0.05) is 11.6 Å². The Labute approximate surface area is 198 Å². The van der Waals surface area contributed by atoms with E-state index in [2.05, 4.69) is 20.3 Å². The Balaban J connectivity index is 1.41. The van der Waals surface area contributed by atoms with Crippen molar-refractivity contribution in [1.82, 2.24) is 29.9 Å². The lowest BCUT2D eigenvalue weighted by Crippen LogP contribution is -2.34. The molecule has 2 saturated carbocycles. The molecule has 0 radical (unpaired) electrons. The fourth-order valence-corrected chi connectivity index (χ4v) is 4.45. The van der Waals surface area contributed by atoms with Crippen molar-refractivity contribution in [2.24, 2.45) is 18.9 Å². The molecule has 2 fully saturated rings. The average Bonchev–Trinajstić information content (AvgIpc) is 3.16. The SMILES string of the molecule is Cc1nc(-c2nnn(C)c2COC(=O)N(C)CC2CCC2)cnc1O[C@H]1CCC[C@H](C(=O)O)C1. The fraction of sp³-hybridized carbons (Fsp3) is 0.652. The van der Waals surface area contributed by atoms with Crippen LogP contribution in [-0.2, 0) is 23.2 Å². The molecule has 4 rings (SSSR count). The number of rotatable bonds is 8. The van der Waals surface area contributed by atoms with Gasteiger partial charge in [0.15, 0.2) is 0 Å². The molecule has 0 saturated heterocycles. The molecule has 11 heteroatoms. The Morgan fingerprint density at radius 3 is 2.68 bits per heavy atom. The minimum absolute atomic E-state index is 0.0182. The topological polar surface area (TPSA) is 133 Å². The largest absolute Gasteiger partial charge is 0.481 e. The normalized spacial score (nSPS) is 20.4. The molecule has 2 aliphatic carbocycles. The highest BCUT2D eigenvalue weighted by molar-refractivity contribution is 5.70. The van der Waals surface area contributed by atoms with Crippen LogP contribution in [0.4, 0.5) is 4.79 Å². The first-order valence-electron chi connectivity index (χ1n) is 11.8. The van der Waals surface area contributed by atoms with Crippen molar-refractivity contribution >= 4 is 12.1 Å². The molecule has 2 atom stereocenters. The Morgan fingerprint density at radius 1 is 1.24 bits per heavy atom. The molecule has 0 bridgehead atoms. The van der Waals surface area contributed by atoms with E-state index in [1.165, 1.54) is 6.42 Å². The lowest BCUT2D eigenvalue weighted by Gasteiger charge is -2.29. The third-order valence-corrected chi connectivity index (χ3v) is 6.74. The molecule has 0 aromatic carbocycles. The zero-order valence-corrected chi connectivity index (χ0v) is 19.9. The molecule has 184 valence electrons. The van der Waals surface area contributed by atoms with Crippen LogP contribution >= 0.6 is 0 Å². The van der Waals surface area contributed by atoms with Gasteiger partial charge in [0.25, 0.3) is 0 Å². The van der Waals surface area contributed by atoms with E-state index in [0.29, 0.717) is 54.0 Å². The van der Waals surface area contributed by atoms with Gasteiger partial charge in [0, 0.05) is 20.6 Å². The number of nitrogens with zero attached hydrogens (tertiary/aromatic N) is 6. The predicted molar refractivity (Wildman–Crippen MR) is 121 cm³/mol. The molecule has 1 amide bonds. The number of hydrogen-bond acceptors (Lipinski definition) is 8. The lowest BCUT2D eigenvalue weighted by molar-refractivity contribution is -0.143. The second-order valence-electron chi connectivity index (χ2n) is 9.33. The number of carbonyl (C=O) groups is 2. The number of carbonyl (C=O) groups excluding carboxylic acids is 1. The Hall–Kier alpha value is -3.24. The summed E-state index contributed by atoms with van der Waals surface area (Å²) in [7, 11) is 3.49. The summed E-state index contributed by atoms with van der Waals surface area (Å²) in [6, 6.07) is 0. The maximum absolute atomic E-state index is 12.4. The van der Waals surface area contributed by atoms with Crippen LogP contribution in [0.25, 0.3) is 11.4 Å². The summed E-state index contributed by atoms with van der Waals surface area (Å²) in [4.78, 5) is 34.3. The molecular formula is C23H32N6O5. The molecular weight excluding hydrogens is 440 g/mol. The quantitative estimate of drug-likeness (QED) is 0.615. The highest BCUT2D eigenvalue weighted by Gasteiger charge is 2.29. The van der Waals surface area contributed by atoms with Crippen LogP contribution in [0.1, 0.15) is 56.3 Å². The number of carboxylic acid groups (broad SMARTS) is 1. The molecule has 1 N–H and O–H groups in total. The third-order valence-electron chi connectivity index (χ3n) is 6.74. The third kappa shape index (κ3) is 5.45. The summed E-state index contributed by atoms with van der Waals surface area (Å²) in [5, 5.41) is 17.6. The van der Waals surface area contributed by atoms with Gasteiger partial charge < -0.3 is 19.5 Å². The van der Waals surface area contributed by atoms with Gasteiger partial charge in [-0.05, 0) is 51.4 Å². The van der Waals surface area contributed by atoms with Gasteiger partial charge in [-0.2, -0.15) is 0 Å². The number of aliphatic carboxylic acids is 1. The average molecular weight is 473 g/mol. The molecule has 11 nitrogen and oxygen atoms in total. The Morgan fingerprint density at radius 2 is 2.00 bits per heavy atom. The van der Waals surface area contributed by atoms with Gasteiger partial charge in [0.05, 0.1) is 12.1 Å². The van der Waals surface area contributed by atoms with E-state index in [1.54, 1.807) is 36.8 Å². The van der Waals surface area contributed by atoms with Crippen LogP contribution in [0.5, 0.6) is 5.88 Å². The molecule has 2 aromatic rings. The summed E-state index contributed by atoms with van der Waals surface area (Å²) in [5.74, 6) is -0.219. The van der Waals surface area contributed by atoms with E-state index in [1.807, 2.05) is 0 Å². The standard InChI is InChI=1S/C23H32N6O5/c1-14-21(34-17-9-5-8-16(10-17)22(30)31)24-11-18(25-14)20-19(29(3)27-26-20)13-33-23(32)28(2)12-15-6-4-7-15/h11,15-17H,4-10,12-13H2,1-3H3,(H,30,31)/t16-,17-/m0/s1. The van der Waals surface area contributed by atoms with Crippen molar-refractivity contribution in [2.75, 3.05) is 13.6 Å². The lowest BCUT2D eigenvalue weighted by atomic mass is 9.85. The minimum atomic E-state index is -0.781. The predicted octanol–water partition coefficient (Wildman–Crippen LogP) is 2.97. The van der Waals surface area contributed by atoms with E-state index < -0.39 is 5.97 Å². The maximum Gasteiger partial charge on any atom is 0.409 e. The van der Waals surface area contributed by atoms with Gasteiger partial charge in [-0.3, -0.25) is 4.79 Å². The van der Waals surface area contributed by atoms with Crippen LogP contribution in [-0.4, -0.2) is 66.7 Å². The fourth-order valence-electron chi connectivity index (χ4n) is 4.45. The molecule has 2 aromatic heterocycles. The number of amides is 1. The number of carboxylic acids is 1. The molecule has 0 aliphatic heterocycles. The van der Waals surface area contributed by atoms with Crippen molar-refractivity contribution in [3.63, 3.8) is 0 Å². The van der Waals surface area contributed by atoms with Gasteiger partial charge in [0.2, 0.25) is 5.88 Å². The summed E-state index contributed by atoms with van der Waals surface area (Å²) < 4.78 is 13.1. The second-order valence-corrected chi connectivity index (χ2v) is 9.33. The van der Waals surface area contributed by atoms with Gasteiger partial charge in [-0.15, -0.1) is 5.10 Å². The first kappa shape index (κ1) is 23.9. The van der Waals surface area contributed by atoms with Gasteiger partial charge >= 0.3 is 12.1 Å². The summed E-state index contributed by atoms with van der Waals surface area (Å²) in [5.41, 5.74) is 2.18. The van der Waals surface area contributed by atoms with E-state index in [-0.39, 0.29) is 24.7 Å². The molecule has 2 heterocycles. The van der Waals surface area contributed by atoms with Crippen molar-refractivity contribution in [3.05, 3.63) is 17.6 Å². The zero-order chi connectivity index (χ0) is 24.2. The van der Waals surface area contributed by atoms with Gasteiger partial charge in [-0.25, -0.2) is 19.4 Å². The number of aryl methyl sites for hydroxylation is 2. The van der Waals surface area contributed by atoms with Crippen LogP contribution in [0.3, 0.4) is 0 Å².